The Hall–Kier alpha value is -1.99. The lowest BCUT2D eigenvalue weighted by atomic mass is 10.3. The topological polar surface area (TPSA) is 81.3 Å². The van der Waals surface area contributed by atoms with Crippen LogP contribution in [0.4, 0.5) is 5.69 Å². The molecule has 0 bridgehead atoms. The van der Waals surface area contributed by atoms with Gasteiger partial charge in [0.05, 0.1) is 30.8 Å². The first-order chi connectivity index (χ1) is 9.74. The van der Waals surface area contributed by atoms with Crippen LogP contribution < -0.4 is 10.6 Å². The van der Waals surface area contributed by atoms with Crippen LogP contribution in [-0.4, -0.2) is 42.2 Å². The zero-order chi connectivity index (χ0) is 13.9. The minimum Gasteiger partial charge on any atom is -0.378 e. The number of nitrogens with zero attached hydrogens (tertiary/aromatic N) is 3. The minimum absolute atomic E-state index is 0.282. The highest BCUT2D eigenvalue weighted by Gasteiger charge is 2.13. The van der Waals surface area contributed by atoms with E-state index in [2.05, 4.69) is 14.9 Å². The van der Waals surface area contributed by atoms with Gasteiger partial charge in [-0.2, -0.15) is 0 Å². The Labute approximate surface area is 120 Å². The molecule has 0 aliphatic carbocycles. The predicted molar refractivity (Wildman–Crippen MR) is 76.9 cm³/mol. The van der Waals surface area contributed by atoms with Crippen molar-refractivity contribution in [2.75, 3.05) is 31.2 Å². The van der Waals surface area contributed by atoms with Gasteiger partial charge < -0.3 is 15.4 Å². The number of rotatable bonds is 3. The van der Waals surface area contributed by atoms with Crippen LogP contribution in [0, 0.1) is 0 Å². The van der Waals surface area contributed by atoms with Crippen LogP contribution in [0.1, 0.15) is 10.5 Å². The van der Waals surface area contributed by atoms with Gasteiger partial charge in [0.25, 0.3) is 5.91 Å². The Balaban J connectivity index is 1.79. The second-order valence-electron chi connectivity index (χ2n) is 4.40. The standard InChI is InChI=1S/C13H14N4O2S/c14-12(18)11-8-20-13(16-11)10-2-1-9(7-15-10)17-3-5-19-6-4-17/h1-2,7-8H,3-6H2,(H2,14,18). The lowest BCUT2D eigenvalue weighted by Gasteiger charge is -2.28. The zero-order valence-corrected chi connectivity index (χ0v) is 11.6. The van der Waals surface area contributed by atoms with Gasteiger partial charge >= 0.3 is 0 Å². The summed E-state index contributed by atoms with van der Waals surface area (Å²) in [6.07, 6.45) is 1.83. The summed E-state index contributed by atoms with van der Waals surface area (Å²) >= 11 is 1.36. The Morgan fingerprint density at radius 2 is 2.15 bits per heavy atom. The molecule has 0 spiro atoms. The summed E-state index contributed by atoms with van der Waals surface area (Å²) < 4.78 is 5.33. The maximum Gasteiger partial charge on any atom is 0.268 e. The van der Waals surface area contributed by atoms with Gasteiger partial charge in [-0.1, -0.05) is 0 Å². The average Bonchev–Trinajstić information content (AvgIpc) is 2.98. The van der Waals surface area contributed by atoms with Gasteiger partial charge in [-0.05, 0) is 12.1 Å². The van der Waals surface area contributed by atoms with Crippen LogP contribution in [0.3, 0.4) is 0 Å². The number of amides is 1. The van der Waals surface area contributed by atoms with E-state index in [9.17, 15) is 4.79 Å². The summed E-state index contributed by atoms with van der Waals surface area (Å²) in [4.78, 5) is 21.8. The van der Waals surface area contributed by atoms with E-state index in [1.165, 1.54) is 11.3 Å². The molecule has 2 N–H and O–H groups in total. The molecule has 6 nitrogen and oxygen atoms in total. The Kier molecular flexibility index (Phi) is 3.62. The Bertz CT molecular complexity index is 605. The lowest BCUT2D eigenvalue weighted by molar-refractivity contribution is 0.0996. The van der Waals surface area contributed by atoms with Gasteiger partial charge in [0.15, 0.2) is 0 Å². The van der Waals surface area contributed by atoms with E-state index in [0.717, 1.165) is 37.7 Å². The molecule has 0 atom stereocenters. The molecule has 1 saturated heterocycles. The van der Waals surface area contributed by atoms with E-state index in [1.807, 2.05) is 18.3 Å². The number of hydrogen-bond donors (Lipinski definition) is 1. The van der Waals surface area contributed by atoms with Gasteiger partial charge in [-0.3, -0.25) is 9.78 Å². The molecule has 0 radical (unpaired) electrons. The molecule has 2 aromatic rings. The van der Waals surface area contributed by atoms with Crippen molar-refractivity contribution in [1.29, 1.82) is 0 Å². The fourth-order valence-electron chi connectivity index (χ4n) is 2.03. The highest BCUT2D eigenvalue weighted by atomic mass is 32.1. The third kappa shape index (κ3) is 2.63. The molecule has 1 aliphatic rings. The molecule has 3 rings (SSSR count). The van der Waals surface area contributed by atoms with Gasteiger partial charge in [-0.25, -0.2) is 4.98 Å². The van der Waals surface area contributed by atoms with Crippen LogP contribution >= 0.6 is 11.3 Å². The number of pyridine rings is 1. The SMILES string of the molecule is NC(=O)c1csc(-c2ccc(N3CCOCC3)cn2)n1. The molecule has 104 valence electrons. The lowest BCUT2D eigenvalue weighted by Crippen LogP contribution is -2.36. The molecule has 3 heterocycles. The number of thiazole rings is 1. The van der Waals surface area contributed by atoms with Crippen molar-refractivity contribution in [3.05, 3.63) is 29.4 Å². The van der Waals surface area contributed by atoms with Gasteiger partial charge in [-0.15, -0.1) is 11.3 Å². The van der Waals surface area contributed by atoms with Crippen molar-refractivity contribution in [3.63, 3.8) is 0 Å². The van der Waals surface area contributed by atoms with Crippen molar-refractivity contribution >= 4 is 22.9 Å². The maximum absolute atomic E-state index is 11.0. The van der Waals surface area contributed by atoms with Gasteiger partial charge in [0.1, 0.15) is 10.7 Å². The first kappa shape index (κ1) is 13.0. The number of anilines is 1. The van der Waals surface area contributed by atoms with Crippen LogP contribution in [0.5, 0.6) is 0 Å². The summed E-state index contributed by atoms with van der Waals surface area (Å²) in [7, 11) is 0. The molecule has 1 aliphatic heterocycles. The first-order valence-corrected chi connectivity index (χ1v) is 7.16. The maximum atomic E-state index is 11.0. The molecule has 20 heavy (non-hydrogen) atoms. The number of hydrogen-bond acceptors (Lipinski definition) is 6. The van der Waals surface area contributed by atoms with Crippen molar-refractivity contribution in [1.82, 2.24) is 9.97 Å². The van der Waals surface area contributed by atoms with Gasteiger partial charge in [0.2, 0.25) is 0 Å². The molecule has 0 saturated carbocycles. The second kappa shape index (κ2) is 5.56. The van der Waals surface area contributed by atoms with Crippen molar-refractivity contribution in [2.24, 2.45) is 5.73 Å². The van der Waals surface area contributed by atoms with E-state index in [4.69, 9.17) is 10.5 Å². The molecule has 7 heteroatoms. The monoisotopic (exact) mass is 290 g/mol. The summed E-state index contributed by atoms with van der Waals surface area (Å²) in [5.74, 6) is -0.516. The first-order valence-electron chi connectivity index (χ1n) is 6.28. The molecular weight excluding hydrogens is 276 g/mol. The van der Waals surface area contributed by atoms with Crippen LogP contribution in [0.15, 0.2) is 23.7 Å². The minimum atomic E-state index is -0.516. The van der Waals surface area contributed by atoms with Crippen LogP contribution in [0.2, 0.25) is 0 Å². The Morgan fingerprint density at radius 1 is 1.35 bits per heavy atom. The van der Waals surface area contributed by atoms with Gasteiger partial charge in [0, 0.05) is 18.5 Å². The second-order valence-corrected chi connectivity index (χ2v) is 5.26. The number of aromatic nitrogens is 2. The normalized spacial score (nSPS) is 15.3. The average molecular weight is 290 g/mol. The number of morpholine rings is 1. The van der Waals surface area contributed by atoms with Crippen LogP contribution in [0.25, 0.3) is 10.7 Å². The quantitative estimate of drug-likeness (QED) is 0.916. The smallest absolute Gasteiger partial charge is 0.268 e. The van der Waals surface area contributed by atoms with Crippen molar-refractivity contribution < 1.29 is 9.53 Å². The number of carbonyl (C=O) groups is 1. The van der Waals surface area contributed by atoms with E-state index in [0.29, 0.717) is 5.01 Å². The number of nitrogens with two attached hydrogens (primary N) is 1. The molecule has 0 unspecified atom stereocenters. The summed E-state index contributed by atoms with van der Waals surface area (Å²) in [6, 6.07) is 3.92. The summed E-state index contributed by atoms with van der Waals surface area (Å²) in [5, 5.41) is 2.35. The van der Waals surface area contributed by atoms with Crippen LogP contribution in [-0.2, 0) is 4.74 Å². The predicted octanol–water partition coefficient (Wildman–Crippen LogP) is 1.14. The molecule has 0 aromatic carbocycles. The summed E-state index contributed by atoms with van der Waals surface area (Å²) in [6.45, 7) is 3.25. The largest absolute Gasteiger partial charge is 0.378 e. The van der Waals surface area contributed by atoms with Crippen molar-refractivity contribution in [3.8, 4) is 10.7 Å². The molecular formula is C13H14N4O2S. The van der Waals surface area contributed by atoms with Crippen molar-refractivity contribution in [2.45, 2.75) is 0 Å². The zero-order valence-electron chi connectivity index (χ0n) is 10.8. The number of primary amides is 1. The molecule has 1 fully saturated rings. The number of carbonyl (C=O) groups excluding carboxylic acids is 1. The highest BCUT2D eigenvalue weighted by molar-refractivity contribution is 7.13. The van der Waals surface area contributed by atoms with E-state index >= 15 is 0 Å². The Morgan fingerprint density at radius 3 is 2.75 bits per heavy atom. The van der Waals surface area contributed by atoms with E-state index in [-0.39, 0.29) is 5.69 Å². The summed E-state index contributed by atoms with van der Waals surface area (Å²) in [5.41, 5.74) is 7.30. The fourth-order valence-corrected chi connectivity index (χ4v) is 2.81. The van der Waals surface area contributed by atoms with E-state index < -0.39 is 5.91 Å². The third-order valence-corrected chi connectivity index (χ3v) is 3.96. The molecule has 1 amide bonds. The van der Waals surface area contributed by atoms with E-state index in [1.54, 1.807) is 5.38 Å². The fraction of sp³-hybridized carbons (Fsp3) is 0.308. The highest BCUT2D eigenvalue weighted by Crippen LogP contribution is 2.24. The number of ether oxygens (including phenoxy) is 1. The third-order valence-electron chi connectivity index (χ3n) is 3.10. The molecule has 2 aromatic heterocycles.